The molecule has 156 valence electrons. The zero-order valence-electron chi connectivity index (χ0n) is 17.0. The molecule has 31 heavy (non-hydrogen) atoms. The number of hydrogen-bond acceptors (Lipinski definition) is 4. The van der Waals surface area contributed by atoms with Crippen LogP contribution in [0.25, 0.3) is 0 Å². The summed E-state index contributed by atoms with van der Waals surface area (Å²) in [6.45, 7) is 1.31. The molecule has 0 fully saturated rings. The van der Waals surface area contributed by atoms with Gasteiger partial charge in [-0.1, -0.05) is 42.5 Å². The van der Waals surface area contributed by atoms with Crippen molar-refractivity contribution in [3.05, 3.63) is 90.0 Å². The smallest absolute Gasteiger partial charge is 0.258 e. The number of rotatable bonds is 5. The first-order chi connectivity index (χ1) is 15.0. The van der Waals surface area contributed by atoms with E-state index in [1.165, 1.54) is 11.8 Å². The Hall–Kier alpha value is -4.13. The normalized spacial score (nSPS) is 14.9. The van der Waals surface area contributed by atoms with Gasteiger partial charge in [-0.15, -0.1) is 0 Å². The topological polar surface area (TPSA) is 90.5 Å². The Morgan fingerprint density at radius 3 is 2.16 bits per heavy atom. The van der Waals surface area contributed by atoms with E-state index in [9.17, 15) is 14.4 Å². The van der Waals surface area contributed by atoms with Gasteiger partial charge in [0.2, 0.25) is 11.8 Å². The van der Waals surface area contributed by atoms with Crippen molar-refractivity contribution in [1.29, 1.82) is 0 Å². The second kappa shape index (κ2) is 8.71. The van der Waals surface area contributed by atoms with E-state index < -0.39 is 6.17 Å². The van der Waals surface area contributed by atoms with Crippen LogP contribution in [0.2, 0.25) is 0 Å². The van der Waals surface area contributed by atoms with Gasteiger partial charge < -0.3 is 20.9 Å². The molecule has 0 aliphatic carbocycles. The summed E-state index contributed by atoms with van der Waals surface area (Å²) in [4.78, 5) is 38.6. The zero-order chi connectivity index (χ0) is 21.8. The van der Waals surface area contributed by atoms with E-state index in [2.05, 4.69) is 16.0 Å². The zero-order valence-corrected chi connectivity index (χ0v) is 17.0. The van der Waals surface area contributed by atoms with Gasteiger partial charge in [0, 0.05) is 24.0 Å². The van der Waals surface area contributed by atoms with Crippen LogP contribution in [-0.2, 0) is 9.59 Å². The molecule has 0 spiro atoms. The first-order valence-electron chi connectivity index (χ1n) is 9.90. The van der Waals surface area contributed by atoms with Gasteiger partial charge in [0.05, 0.1) is 5.56 Å². The Morgan fingerprint density at radius 2 is 1.48 bits per heavy atom. The fourth-order valence-electron chi connectivity index (χ4n) is 3.55. The van der Waals surface area contributed by atoms with Crippen molar-refractivity contribution < 1.29 is 14.4 Å². The van der Waals surface area contributed by atoms with Crippen LogP contribution in [-0.4, -0.2) is 29.2 Å². The maximum absolute atomic E-state index is 13.2. The third-order valence-electron chi connectivity index (χ3n) is 4.94. The summed E-state index contributed by atoms with van der Waals surface area (Å²) in [5.74, 6) is -0.692. The van der Waals surface area contributed by atoms with Crippen molar-refractivity contribution in [2.45, 2.75) is 13.1 Å². The highest BCUT2D eigenvalue weighted by molar-refractivity contribution is 6.04. The van der Waals surface area contributed by atoms with Crippen molar-refractivity contribution in [2.75, 3.05) is 22.5 Å². The van der Waals surface area contributed by atoms with E-state index in [1.54, 1.807) is 36.4 Å². The highest BCUT2D eigenvalue weighted by Crippen LogP contribution is 2.32. The van der Waals surface area contributed by atoms with Gasteiger partial charge in [-0.25, -0.2) is 0 Å². The molecule has 3 N–H and O–H groups in total. The van der Waals surface area contributed by atoms with Crippen molar-refractivity contribution in [3.8, 4) is 0 Å². The second-order valence-electron chi connectivity index (χ2n) is 7.24. The SMILES string of the molecule is CC(=O)Nc1ccc(NC(=O)CN2C(=O)c3ccccc3N[C@H]2c2ccccc2)cc1. The predicted molar refractivity (Wildman–Crippen MR) is 120 cm³/mol. The van der Waals surface area contributed by atoms with Gasteiger partial charge >= 0.3 is 0 Å². The minimum atomic E-state index is -0.462. The van der Waals surface area contributed by atoms with E-state index in [1.807, 2.05) is 42.5 Å². The molecular weight excluding hydrogens is 392 g/mol. The first-order valence-corrected chi connectivity index (χ1v) is 9.90. The molecule has 0 saturated heterocycles. The van der Waals surface area contributed by atoms with Gasteiger partial charge in [-0.05, 0) is 42.0 Å². The molecule has 3 aromatic rings. The number of amides is 3. The van der Waals surface area contributed by atoms with Crippen LogP contribution >= 0.6 is 0 Å². The maximum Gasteiger partial charge on any atom is 0.258 e. The van der Waals surface area contributed by atoms with Gasteiger partial charge in [-0.3, -0.25) is 14.4 Å². The Kier molecular flexibility index (Phi) is 5.66. The number of benzene rings is 3. The molecule has 3 amide bonds. The number of carbonyl (C=O) groups is 3. The van der Waals surface area contributed by atoms with Crippen molar-refractivity contribution in [3.63, 3.8) is 0 Å². The molecule has 4 rings (SSSR count). The maximum atomic E-state index is 13.2. The lowest BCUT2D eigenvalue weighted by Crippen LogP contribution is -2.46. The lowest BCUT2D eigenvalue weighted by molar-refractivity contribution is -0.117. The summed E-state index contributed by atoms with van der Waals surface area (Å²) in [6.07, 6.45) is -0.462. The van der Waals surface area contributed by atoms with Crippen LogP contribution in [0.15, 0.2) is 78.9 Å². The van der Waals surface area contributed by atoms with Crippen molar-refractivity contribution in [2.24, 2.45) is 0 Å². The molecule has 0 unspecified atom stereocenters. The Morgan fingerprint density at radius 1 is 0.871 bits per heavy atom. The van der Waals surface area contributed by atoms with Crippen LogP contribution in [0.1, 0.15) is 29.0 Å². The standard InChI is InChI=1S/C24H22N4O3/c1-16(29)25-18-11-13-19(14-12-18)26-22(30)15-28-23(17-7-3-2-4-8-17)27-21-10-6-5-9-20(21)24(28)31/h2-14,23,27H,15H2,1H3,(H,25,29)(H,26,30)/t23-/m1/s1. The number of nitrogens with one attached hydrogen (secondary N) is 3. The quantitative estimate of drug-likeness (QED) is 0.592. The van der Waals surface area contributed by atoms with Crippen LogP contribution in [0.3, 0.4) is 0 Å². The van der Waals surface area contributed by atoms with E-state index >= 15 is 0 Å². The van der Waals surface area contributed by atoms with E-state index in [0.717, 1.165) is 11.3 Å². The van der Waals surface area contributed by atoms with E-state index in [0.29, 0.717) is 16.9 Å². The van der Waals surface area contributed by atoms with Gasteiger partial charge in [0.25, 0.3) is 5.91 Å². The summed E-state index contributed by atoms with van der Waals surface area (Å²) in [5, 5.41) is 8.86. The van der Waals surface area contributed by atoms with Gasteiger partial charge in [0.15, 0.2) is 0 Å². The fraction of sp³-hybridized carbons (Fsp3) is 0.125. The molecule has 3 aromatic carbocycles. The van der Waals surface area contributed by atoms with Crippen LogP contribution in [0.5, 0.6) is 0 Å². The summed E-state index contributed by atoms with van der Waals surface area (Å²) in [7, 11) is 0. The third-order valence-corrected chi connectivity index (χ3v) is 4.94. The number of fused-ring (bicyclic) bond motifs is 1. The number of hydrogen-bond donors (Lipinski definition) is 3. The number of para-hydroxylation sites is 1. The summed E-state index contributed by atoms with van der Waals surface area (Å²) >= 11 is 0. The highest BCUT2D eigenvalue weighted by atomic mass is 16.2. The first kappa shape index (κ1) is 20.2. The summed E-state index contributed by atoms with van der Waals surface area (Å²) < 4.78 is 0. The molecule has 0 aromatic heterocycles. The monoisotopic (exact) mass is 414 g/mol. The Balaban J connectivity index is 1.53. The van der Waals surface area contributed by atoms with Crippen LogP contribution in [0, 0.1) is 0 Å². The molecule has 1 heterocycles. The predicted octanol–water partition coefficient (Wildman–Crippen LogP) is 3.85. The lowest BCUT2D eigenvalue weighted by atomic mass is 10.0. The molecule has 1 aliphatic heterocycles. The Bertz CT molecular complexity index is 1110. The number of anilines is 3. The van der Waals surface area contributed by atoms with Gasteiger partial charge in [0.1, 0.15) is 12.7 Å². The second-order valence-corrected chi connectivity index (χ2v) is 7.24. The number of carbonyl (C=O) groups excluding carboxylic acids is 3. The van der Waals surface area contributed by atoms with Gasteiger partial charge in [-0.2, -0.15) is 0 Å². The van der Waals surface area contributed by atoms with Crippen molar-refractivity contribution >= 4 is 34.8 Å². The average molecular weight is 414 g/mol. The van der Waals surface area contributed by atoms with E-state index in [-0.39, 0.29) is 24.3 Å². The van der Waals surface area contributed by atoms with E-state index in [4.69, 9.17) is 0 Å². The fourth-order valence-corrected chi connectivity index (χ4v) is 3.55. The molecule has 1 aliphatic rings. The minimum absolute atomic E-state index is 0.118. The lowest BCUT2D eigenvalue weighted by Gasteiger charge is -2.37. The average Bonchev–Trinajstić information content (AvgIpc) is 2.77. The third kappa shape index (κ3) is 4.56. The highest BCUT2D eigenvalue weighted by Gasteiger charge is 2.33. The van der Waals surface area contributed by atoms with Crippen LogP contribution in [0.4, 0.5) is 17.1 Å². The molecule has 7 heteroatoms. The summed E-state index contributed by atoms with van der Waals surface area (Å²) in [6, 6.07) is 23.6. The molecular formula is C24H22N4O3. The number of nitrogens with zero attached hydrogens (tertiary/aromatic N) is 1. The van der Waals surface area contributed by atoms with Crippen molar-refractivity contribution in [1.82, 2.24) is 4.90 Å². The Labute approximate surface area is 180 Å². The largest absolute Gasteiger partial charge is 0.361 e. The minimum Gasteiger partial charge on any atom is -0.361 e. The van der Waals surface area contributed by atoms with Crippen LogP contribution < -0.4 is 16.0 Å². The molecule has 0 radical (unpaired) electrons. The molecule has 1 atom stereocenters. The molecule has 0 bridgehead atoms. The molecule has 7 nitrogen and oxygen atoms in total. The molecule has 0 saturated carbocycles. The summed E-state index contributed by atoms with van der Waals surface area (Å²) in [5.41, 5.74) is 3.38.